The Morgan fingerprint density at radius 1 is 1.46 bits per heavy atom. The van der Waals surface area contributed by atoms with Gasteiger partial charge in [0.1, 0.15) is 0 Å². The number of ether oxygens (including phenoxy) is 1. The Bertz CT molecular complexity index is 727. The highest BCUT2D eigenvalue weighted by molar-refractivity contribution is 5.77. The molecule has 1 atom stereocenters. The summed E-state index contributed by atoms with van der Waals surface area (Å²) >= 11 is 0. The van der Waals surface area contributed by atoms with Crippen molar-refractivity contribution in [3.8, 4) is 0 Å². The van der Waals surface area contributed by atoms with Gasteiger partial charge in [0.15, 0.2) is 5.58 Å². The summed E-state index contributed by atoms with van der Waals surface area (Å²) in [5.74, 6) is -0.101. The largest absolute Gasteiger partial charge is 0.466 e. The molecule has 1 unspecified atom stereocenters. The van der Waals surface area contributed by atoms with Crippen LogP contribution in [-0.4, -0.2) is 48.1 Å². The number of carbonyl (C=O) groups excluding carboxylic acids is 2. The van der Waals surface area contributed by atoms with Gasteiger partial charge in [0.05, 0.1) is 13.0 Å². The van der Waals surface area contributed by atoms with E-state index in [1.807, 2.05) is 12.1 Å². The first kappa shape index (κ1) is 18.2. The molecule has 26 heavy (non-hydrogen) atoms. The molecule has 1 aliphatic rings. The van der Waals surface area contributed by atoms with Crippen LogP contribution in [0.15, 0.2) is 22.7 Å². The van der Waals surface area contributed by atoms with Crippen molar-refractivity contribution in [3.05, 3.63) is 18.3 Å². The predicted molar refractivity (Wildman–Crippen MR) is 95.6 cm³/mol. The van der Waals surface area contributed by atoms with Gasteiger partial charge in [0.25, 0.3) is 6.01 Å². The molecule has 0 radical (unpaired) electrons. The zero-order valence-corrected chi connectivity index (χ0v) is 14.9. The minimum Gasteiger partial charge on any atom is -0.466 e. The van der Waals surface area contributed by atoms with Gasteiger partial charge in [-0.1, -0.05) is 0 Å². The second-order valence-electron chi connectivity index (χ2n) is 6.38. The van der Waals surface area contributed by atoms with Crippen LogP contribution in [0.2, 0.25) is 0 Å². The highest BCUT2D eigenvalue weighted by Crippen LogP contribution is 2.26. The molecule has 3 rings (SSSR count). The van der Waals surface area contributed by atoms with Gasteiger partial charge >= 0.3 is 5.97 Å². The Morgan fingerprint density at radius 3 is 3.15 bits per heavy atom. The van der Waals surface area contributed by atoms with Crippen LogP contribution < -0.4 is 10.2 Å². The molecule has 0 aromatic carbocycles. The van der Waals surface area contributed by atoms with E-state index in [2.05, 4.69) is 20.2 Å². The van der Waals surface area contributed by atoms with Crippen molar-refractivity contribution in [2.24, 2.45) is 5.92 Å². The number of esters is 1. The van der Waals surface area contributed by atoms with Crippen LogP contribution in [0, 0.1) is 5.92 Å². The number of nitrogens with zero attached hydrogens (tertiary/aromatic N) is 3. The lowest BCUT2D eigenvalue weighted by molar-refractivity contribution is -0.143. The summed E-state index contributed by atoms with van der Waals surface area (Å²) in [6.07, 6.45) is 4.28. The third-order valence-electron chi connectivity index (χ3n) is 4.37. The number of anilines is 1. The molecule has 2 aromatic heterocycles. The fourth-order valence-corrected chi connectivity index (χ4v) is 3.17. The fraction of sp³-hybridized carbons (Fsp3) is 0.556. The molecule has 0 saturated carbocycles. The second kappa shape index (κ2) is 8.64. The smallest absolute Gasteiger partial charge is 0.307 e. The van der Waals surface area contributed by atoms with Crippen molar-refractivity contribution in [2.75, 3.05) is 31.1 Å². The molecule has 0 spiro atoms. The second-order valence-corrected chi connectivity index (χ2v) is 6.38. The quantitative estimate of drug-likeness (QED) is 0.753. The highest BCUT2D eigenvalue weighted by Gasteiger charge is 2.25. The van der Waals surface area contributed by atoms with E-state index in [-0.39, 0.29) is 24.2 Å². The SMILES string of the molecule is CCOC(=O)CCNC(=O)CC1CCCN(c2nc3ncccc3o2)C1. The molecule has 1 saturated heterocycles. The van der Waals surface area contributed by atoms with E-state index in [0.29, 0.717) is 36.8 Å². The lowest BCUT2D eigenvalue weighted by Gasteiger charge is -2.31. The summed E-state index contributed by atoms with van der Waals surface area (Å²) in [4.78, 5) is 34.1. The number of pyridine rings is 1. The maximum Gasteiger partial charge on any atom is 0.307 e. The zero-order chi connectivity index (χ0) is 18.4. The number of aromatic nitrogens is 2. The van der Waals surface area contributed by atoms with Gasteiger partial charge < -0.3 is 19.4 Å². The lowest BCUT2D eigenvalue weighted by Crippen LogP contribution is -2.38. The van der Waals surface area contributed by atoms with Gasteiger partial charge in [-0.15, -0.1) is 0 Å². The van der Waals surface area contributed by atoms with Crippen LogP contribution in [0.1, 0.15) is 32.6 Å². The van der Waals surface area contributed by atoms with Crippen LogP contribution in [0.3, 0.4) is 0 Å². The summed E-state index contributed by atoms with van der Waals surface area (Å²) < 4.78 is 10.6. The first-order chi connectivity index (χ1) is 12.7. The predicted octanol–water partition coefficient (Wildman–Crippen LogP) is 1.90. The first-order valence-electron chi connectivity index (χ1n) is 9.04. The maximum absolute atomic E-state index is 12.1. The van der Waals surface area contributed by atoms with E-state index in [4.69, 9.17) is 9.15 Å². The molecule has 8 heteroatoms. The van der Waals surface area contributed by atoms with Crippen LogP contribution in [0.5, 0.6) is 0 Å². The minimum atomic E-state index is -0.291. The Morgan fingerprint density at radius 2 is 2.35 bits per heavy atom. The number of oxazole rings is 1. The molecular formula is C18H24N4O4. The number of piperidine rings is 1. The van der Waals surface area contributed by atoms with Gasteiger partial charge in [0.2, 0.25) is 11.6 Å². The van der Waals surface area contributed by atoms with Gasteiger partial charge in [-0.3, -0.25) is 9.59 Å². The Hall–Kier alpha value is -2.64. The number of rotatable bonds is 7. The van der Waals surface area contributed by atoms with Crippen molar-refractivity contribution in [3.63, 3.8) is 0 Å². The lowest BCUT2D eigenvalue weighted by atomic mass is 9.94. The van der Waals surface area contributed by atoms with Crippen LogP contribution >= 0.6 is 0 Å². The first-order valence-corrected chi connectivity index (χ1v) is 9.04. The zero-order valence-electron chi connectivity index (χ0n) is 14.9. The van der Waals surface area contributed by atoms with E-state index in [0.717, 1.165) is 25.9 Å². The molecule has 2 aromatic rings. The monoisotopic (exact) mass is 360 g/mol. The Balaban J connectivity index is 1.48. The summed E-state index contributed by atoms with van der Waals surface area (Å²) in [6, 6.07) is 4.22. The number of hydrogen-bond donors (Lipinski definition) is 1. The maximum atomic E-state index is 12.1. The molecule has 140 valence electrons. The van der Waals surface area contributed by atoms with Crippen molar-refractivity contribution in [1.82, 2.24) is 15.3 Å². The molecule has 1 N–H and O–H groups in total. The number of amides is 1. The molecule has 1 amide bonds. The molecular weight excluding hydrogens is 336 g/mol. The van der Waals surface area contributed by atoms with Crippen LogP contribution in [0.25, 0.3) is 11.2 Å². The van der Waals surface area contributed by atoms with E-state index < -0.39 is 0 Å². The standard InChI is InChI=1S/C18H24N4O4/c1-2-25-16(24)7-9-19-15(23)11-13-5-4-10-22(12-13)18-21-17-14(26-18)6-3-8-20-17/h3,6,8,13H,2,4-5,7,9-12H2,1H3,(H,19,23). The van der Waals surface area contributed by atoms with Crippen LogP contribution in [0.4, 0.5) is 6.01 Å². The molecule has 3 heterocycles. The number of nitrogens with one attached hydrogen (secondary N) is 1. The minimum absolute atomic E-state index is 0.0413. The third kappa shape index (κ3) is 4.71. The molecule has 0 bridgehead atoms. The average Bonchev–Trinajstić information content (AvgIpc) is 3.06. The number of carbonyl (C=O) groups is 2. The number of fused-ring (bicyclic) bond motifs is 1. The molecule has 1 aliphatic heterocycles. The molecule has 8 nitrogen and oxygen atoms in total. The van der Waals surface area contributed by atoms with Crippen molar-refractivity contribution in [2.45, 2.75) is 32.6 Å². The normalized spacial score (nSPS) is 17.3. The van der Waals surface area contributed by atoms with E-state index in [9.17, 15) is 9.59 Å². The van der Waals surface area contributed by atoms with Crippen molar-refractivity contribution < 1.29 is 18.7 Å². The summed E-state index contributed by atoms with van der Waals surface area (Å²) in [5.41, 5.74) is 1.27. The Labute approximate surface area is 151 Å². The summed E-state index contributed by atoms with van der Waals surface area (Å²) in [7, 11) is 0. The fourth-order valence-electron chi connectivity index (χ4n) is 3.17. The molecule has 1 fully saturated rings. The van der Waals surface area contributed by atoms with Crippen molar-refractivity contribution in [1.29, 1.82) is 0 Å². The van der Waals surface area contributed by atoms with Gasteiger partial charge in [0, 0.05) is 32.3 Å². The Kier molecular flexibility index (Phi) is 6.04. The number of hydrogen-bond acceptors (Lipinski definition) is 7. The van der Waals surface area contributed by atoms with Gasteiger partial charge in [-0.25, -0.2) is 4.98 Å². The average molecular weight is 360 g/mol. The van der Waals surface area contributed by atoms with Crippen molar-refractivity contribution >= 4 is 29.1 Å². The third-order valence-corrected chi connectivity index (χ3v) is 4.37. The van der Waals surface area contributed by atoms with E-state index in [1.54, 1.807) is 13.1 Å². The topological polar surface area (TPSA) is 97.6 Å². The van der Waals surface area contributed by atoms with Crippen LogP contribution in [-0.2, 0) is 14.3 Å². The van der Waals surface area contributed by atoms with Gasteiger partial charge in [-0.05, 0) is 37.8 Å². The highest BCUT2D eigenvalue weighted by atomic mass is 16.5. The summed E-state index contributed by atoms with van der Waals surface area (Å²) in [5, 5.41) is 2.79. The van der Waals surface area contributed by atoms with E-state index >= 15 is 0 Å². The van der Waals surface area contributed by atoms with E-state index in [1.165, 1.54) is 0 Å². The summed E-state index contributed by atoms with van der Waals surface area (Å²) in [6.45, 7) is 4.01. The molecule has 0 aliphatic carbocycles. The van der Waals surface area contributed by atoms with Gasteiger partial charge in [-0.2, -0.15) is 4.98 Å².